The molecule has 0 bridgehead atoms. The highest BCUT2D eigenvalue weighted by Gasteiger charge is 2.42. The lowest BCUT2D eigenvalue weighted by Gasteiger charge is -2.10. The van der Waals surface area contributed by atoms with Gasteiger partial charge in [0, 0.05) is 17.6 Å². The minimum atomic E-state index is -0.284. The molecule has 0 heterocycles. The molecule has 4 heteroatoms. The van der Waals surface area contributed by atoms with Gasteiger partial charge in [-0.3, -0.25) is 0 Å². The van der Waals surface area contributed by atoms with E-state index in [0.29, 0.717) is 6.54 Å². The first-order chi connectivity index (χ1) is 7.74. The summed E-state index contributed by atoms with van der Waals surface area (Å²) < 4.78 is 0. The predicted octanol–water partition coefficient (Wildman–Crippen LogP) is 1.79. The lowest BCUT2D eigenvalue weighted by atomic mass is 10.1. The standard InChI is InChI=1S/C12H14N2O2/c15-9-12(6-7-12)8-13-11(16)14-10-4-2-1-3-5-10/h1-5,9H,6-8H2,(H2,13,14,16). The number of hydrogen-bond donors (Lipinski definition) is 2. The van der Waals surface area contributed by atoms with Gasteiger partial charge in [0.2, 0.25) is 0 Å². The Morgan fingerprint density at radius 1 is 1.31 bits per heavy atom. The molecule has 0 radical (unpaired) electrons. The third-order valence-electron chi connectivity index (χ3n) is 2.77. The molecule has 1 fully saturated rings. The molecule has 0 spiro atoms. The van der Waals surface area contributed by atoms with E-state index in [0.717, 1.165) is 24.8 Å². The summed E-state index contributed by atoms with van der Waals surface area (Å²) in [4.78, 5) is 22.2. The quantitative estimate of drug-likeness (QED) is 0.757. The molecule has 4 nitrogen and oxygen atoms in total. The van der Waals surface area contributed by atoms with E-state index in [-0.39, 0.29) is 11.4 Å². The number of rotatable bonds is 4. The van der Waals surface area contributed by atoms with Crippen molar-refractivity contribution < 1.29 is 9.59 Å². The SMILES string of the molecule is O=CC1(CNC(=O)Nc2ccccc2)CC1. The molecular formula is C12H14N2O2. The first kappa shape index (κ1) is 10.7. The van der Waals surface area contributed by atoms with Crippen molar-refractivity contribution in [2.75, 3.05) is 11.9 Å². The third kappa shape index (κ3) is 2.59. The Hall–Kier alpha value is -1.84. The molecule has 1 aromatic rings. The van der Waals surface area contributed by atoms with Crippen molar-refractivity contribution in [2.45, 2.75) is 12.8 Å². The first-order valence-corrected chi connectivity index (χ1v) is 5.30. The van der Waals surface area contributed by atoms with E-state index in [2.05, 4.69) is 10.6 Å². The fourth-order valence-electron chi connectivity index (χ4n) is 1.45. The maximum Gasteiger partial charge on any atom is 0.319 e. The summed E-state index contributed by atoms with van der Waals surface area (Å²) >= 11 is 0. The van der Waals surface area contributed by atoms with Gasteiger partial charge in [-0.1, -0.05) is 18.2 Å². The Bertz CT molecular complexity index is 385. The van der Waals surface area contributed by atoms with E-state index in [4.69, 9.17) is 0 Å². The highest BCUT2D eigenvalue weighted by molar-refractivity contribution is 5.89. The molecule has 0 aromatic heterocycles. The Morgan fingerprint density at radius 3 is 2.56 bits per heavy atom. The summed E-state index contributed by atoms with van der Waals surface area (Å²) in [5.41, 5.74) is 0.463. The van der Waals surface area contributed by atoms with Crippen molar-refractivity contribution in [3.63, 3.8) is 0 Å². The molecule has 1 aromatic carbocycles. The van der Waals surface area contributed by atoms with Crippen LogP contribution in [0.1, 0.15) is 12.8 Å². The summed E-state index contributed by atoms with van der Waals surface area (Å²) in [5, 5.41) is 5.40. The molecule has 1 saturated carbocycles. The van der Waals surface area contributed by atoms with Crippen LogP contribution in [-0.4, -0.2) is 18.9 Å². The van der Waals surface area contributed by atoms with Gasteiger partial charge in [-0.15, -0.1) is 0 Å². The molecule has 2 amide bonds. The molecule has 2 rings (SSSR count). The Balaban J connectivity index is 1.79. The number of carbonyl (C=O) groups is 2. The summed E-state index contributed by atoms with van der Waals surface area (Å²) in [7, 11) is 0. The summed E-state index contributed by atoms with van der Waals surface area (Å²) in [6.45, 7) is 0.426. The van der Waals surface area contributed by atoms with Crippen molar-refractivity contribution in [2.24, 2.45) is 5.41 Å². The second-order valence-electron chi connectivity index (χ2n) is 4.15. The van der Waals surface area contributed by atoms with Crippen molar-refractivity contribution in [1.29, 1.82) is 0 Å². The summed E-state index contributed by atoms with van der Waals surface area (Å²) in [5.74, 6) is 0. The van der Waals surface area contributed by atoms with Gasteiger partial charge in [0.1, 0.15) is 6.29 Å². The zero-order valence-electron chi connectivity index (χ0n) is 8.90. The van der Waals surface area contributed by atoms with Crippen LogP contribution in [0.15, 0.2) is 30.3 Å². The van der Waals surface area contributed by atoms with Crippen molar-refractivity contribution in [1.82, 2.24) is 5.32 Å². The van der Waals surface area contributed by atoms with Crippen LogP contribution < -0.4 is 10.6 Å². The second-order valence-corrected chi connectivity index (χ2v) is 4.15. The van der Waals surface area contributed by atoms with Gasteiger partial charge in [-0.05, 0) is 25.0 Å². The number of amides is 2. The average Bonchev–Trinajstić information content (AvgIpc) is 3.09. The Labute approximate surface area is 94.0 Å². The summed E-state index contributed by atoms with van der Waals surface area (Å²) in [6.07, 6.45) is 2.69. The number of para-hydroxylation sites is 1. The van der Waals surface area contributed by atoms with Gasteiger partial charge >= 0.3 is 6.03 Å². The van der Waals surface area contributed by atoms with Crippen molar-refractivity contribution in [3.05, 3.63) is 30.3 Å². The van der Waals surface area contributed by atoms with Crippen LogP contribution in [-0.2, 0) is 4.79 Å². The van der Waals surface area contributed by atoms with Gasteiger partial charge in [-0.2, -0.15) is 0 Å². The molecule has 84 valence electrons. The molecule has 2 N–H and O–H groups in total. The fourth-order valence-corrected chi connectivity index (χ4v) is 1.45. The number of nitrogens with one attached hydrogen (secondary N) is 2. The number of carbonyl (C=O) groups excluding carboxylic acids is 2. The smallest absolute Gasteiger partial charge is 0.319 e. The molecule has 0 unspecified atom stereocenters. The van der Waals surface area contributed by atoms with Crippen LogP contribution in [0.4, 0.5) is 10.5 Å². The van der Waals surface area contributed by atoms with Crippen molar-refractivity contribution in [3.8, 4) is 0 Å². The molecular weight excluding hydrogens is 204 g/mol. The van der Waals surface area contributed by atoms with Crippen LogP contribution in [0.5, 0.6) is 0 Å². The average molecular weight is 218 g/mol. The van der Waals surface area contributed by atoms with Gasteiger partial charge in [0.05, 0.1) is 0 Å². The van der Waals surface area contributed by atoms with Gasteiger partial charge in [0.15, 0.2) is 0 Å². The maximum atomic E-state index is 11.5. The van der Waals surface area contributed by atoms with Gasteiger partial charge < -0.3 is 15.4 Å². The highest BCUT2D eigenvalue weighted by atomic mass is 16.2. The molecule has 1 aliphatic rings. The highest BCUT2D eigenvalue weighted by Crippen LogP contribution is 2.42. The molecule has 1 aliphatic carbocycles. The number of anilines is 1. The van der Waals surface area contributed by atoms with Crippen LogP contribution in [0, 0.1) is 5.41 Å². The minimum absolute atomic E-state index is 0.265. The summed E-state index contributed by atoms with van der Waals surface area (Å²) in [6, 6.07) is 8.94. The van der Waals surface area contributed by atoms with Crippen LogP contribution in [0.2, 0.25) is 0 Å². The molecule has 0 saturated heterocycles. The van der Waals surface area contributed by atoms with E-state index in [1.54, 1.807) is 0 Å². The largest absolute Gasteiger partial charge is 0.337 e. The molecule has 0 aliphatic heterocycles. The lowest BCUT2D eigenvalue weighted by Crippen LogP contribution is -2.34. The minimum Gasteiger partial charge on any atom is -0.337 e. The first-order valence-electron chi connectivity index (χ1n) is 5.30. The van der Waals surface area contributed by atoms with Crippen LogP contribution in [0.25, 0.3) is 0 Å². The second kappa shape index (κ2) is 4.35. The zero-order valence-corrected chi connectivity index (χ0v) is 8.90. The van der Waals surface area contributed by atoms with E-state index in [1.807, 2.05) is 30.3 Å². The lowest BCUT2D eigenvalue weighted by molar-refractivity contribution is -0.111. The predicted molar refractivity (Wildman–Crippen MR) is 61.2 cm³/mol. The molecule has 0 atom stereocenters. The number of benzene rings is 1. The van der Waals surface area contributed by atoms with E-state index in [1.165, 1.54) is 0 Å². The van der Waals surface area contributed by atoms with Crippen LogP contribution >= 0.6 is 0 Å². The number of hydrogen-bond acceptors (Lipinski definition) is 2. The third-order valence-corrected chi connectivity index (χ3v) is 2.77. The van der Waals surface area contributed by atoms with Gasteiger partial charge in [-0.25, -0.2) is 4.79 Å². The van der Waals surface area contributed by atoms with Crippen LogP contribution in [0.3, 0.4) is 0 Å². The van der Waals surface area contributed by atoms with Crippen molar-refractivity contribution >= 4 is 18.0 Å². The van der Waals surface area contributed by atoms with E-state index < -0.39 is 0 Å². The van der Waals surface area contributed by atoms with E-state index >= 15 is 0 Å². The number of aldehydes is 1. The zero-order chi connectivity index (χ0) is 11.4. The Morgan fingerprint density at radius 2 is 2.00 bits per heavy atom. The fraction of sp³-hybridized carbons (Fsp3) is 0.333. The maximum absolute atomic E-state index is 11.5. The monoisotopic (exact) mass is 218 g/mol. The topological polar surface area (TPSA) is 58.2 Å². The normalized spacial score (nSPS) is 16.2. The molecule has 16 heavy (non-hydrogen) atoms. The van der Waals surface area contributed by atoms with Gasteiger partial charge in [0.25, 0.3) is 0 Å². The van der Waals surface area contributed by atoms with E-state index in [9.17, 15) is 9.59 Å². The number of urea groups is 1. The Kier molecular flexibility index (Phi) is 2.90.